The van der Waals surface area contributed by atoms with Gasteiger partial charge in [0.1, 0.15) is 5.69 Å². The Morgan fingerprint density at radius 2 is 1.96 bits per heavy atom. The maximum absolute atomic E-state index is 13.5. The Kier molecular flexibility index (Phi) is 4.93. The molecule has 0 aliphatic rings. The zero-order valence-electron chi connectivity index (χ0n) is 15.9. The number of carbonyl (C=O) groups excluding carboxylic acids is 1. The number of amides is 1. The van der Waals surface area contributed by atoms with Crippen LogP contribution in [-0.4, -0.2) is 27.5 Å². The van der Waals surface area contributed by atoms with Crippen molar-refractivity contribution in [1.82, 2.24) is 15.0 Å². The van der Waals surface area contributed by atoms with Crippen molar-refractivity contribution >= 4 is 17.0 Å². The number of fused-ring (bicyclic) bond motifs is 1. The molecule has 6 nitrogen and oxygen atoms in total. The Hall–Kier alpha value is -3.41. The first kappa shape index (κ1) is 18.0. The molecule has 6 heteroatoms. The number of rotatable bonds is 6. The highest BCUT2D eigenvalue weighted by atomic mass is 16.5. The number of hydrogen-bond donors (Lipinski definition) is 0. The van der Waals surface area contributed by atoms with E-state index in [-0.39, 0.29) is 5.91 Å². The van der Waals surface area contributed by atoms with E-state index in [4.69, 9.17) is 8.94 Å². The molecule has 4 rings (SSSR count). The fourth-order valence-electron chi connectivity index (χ4n) is 3.31. The van der Waals surface area contributed by atoms with Crippen molar-refractivity contribution < 1.29 is 13.7 Å². The zero-order valence-corrected chi connectivity index (χ0v) is 15.9. The molecule has 0 N–H and O–H groups in total. The van der Waals surface area contributed by atoms with Crippen LogP contribution in [-0.2, 0) is 6.54 Å². The number of aromatic nitrogens is 2. The molecule has 0 aliphatic carbocycles. The third-order valence-corrected chi connectivity index (χ3v) is 4.62. The van der Waals surface area contributed by atoms with Gasteiger partial charge in [-0.05, 0) is 37.1 Å². The number of furan rings is 1. The second-order valence-electron chi connectivity index (χ2n) is 6.69. The maximum Gasteiger partial charge on any atom is 0.259 e. The summed E-state index contributed by atoms with van der Waals surface area (Å²) in [6.07, 6.45) is 2.44. The molecule has 0 unspecified atom stereocenters. The van der Waals surface area contributed by atoms with E-state index in [1.165, 1.54) is 0 Å². The Balaban J connectivity index is 1.78. The van der Waals surface area contributed by atoms with Gasteiger partial charge in [0.2, 0.25) is 0 Å². The summed E-state index contributed by atoms with van der Waals surface area (Å²) in [5.41, 5.74) is 3.15. The molecule has 3 aromatic heterocycles. The normalized spacial score (nSPS) is 11.1. The van der Waals surface area contributed by atoms with Crippen LogP contribution in [0.1, 0.15) is 35.0 Å². The summed E-state index contributed by atoms with van der Waals surface area (Å²) in [4.78, 5) is 19.9. The highest BCUT2D eigenvalue weighted by molar-refractivity contribution is 6.06. The van der Waals surface area contributed by atoms with Crippen LogP contribution in [0, 0.1) is 6.92 Å². The molecule has 28 heavy (non-hydrogen) atoms. The van der Waals surface area contributed by atoms with Crippen molar-refractivity contribution in [3.8, 4) is 11.5 Å². The predicted molar refractivity (Wildman–Crippen MR) is 106 cm³/mol. The molecule has 0 atom stereocenters. The fourth-order valence-corrected chi connectivity index (χ4v) is 3.31. The summed E-state index contributed by atoms with van der Waals surface area (Å²) < 4.78 is 10.8. The lowest BCUT2D eigenvalue weighted by atomic mass is 10.1. The zero-order chi connectivity index (χ0) is 19.5. The van der Waals surface area contributed by atoms with Gasteiger partial charge in [-0.25, -0.2) is 4.98 Å². The van der Waals surface area contributed by atoms with Gasteiger partial charge in [-0.1, -0.05) is 42.4 Å². The second kappa shape index (κ2) is 7.68. The molecular weight excluding hydrogens is 354 g/mol. The standard InChI is InChI=1S/C22H21N3O3/c1-3-11-25(14-16-8-5-4-6-9-16)22(26)17-13-18(19-10-7-12-27-19)23-21-20(17)15(2)24-28-21/h4-10,12-13H,3,11,14H2,1-2H3. The summed E-state index contributed by atoms with van der Waals surface area (Å²) >= 11 is 0. The van der Waals surface area contributed by atoms with Gasteiger partial charge in [0.25, 0.3) is 11.6 Å². The van der Waals surface area contributed by atoms with E-state index >= 15 is 0 Å². The summed E-state index contributed by atoms with van der Waals surface area (Å²) in [7, 11) is 0. The molecule has 0 spiro atoms. The van der Waals surface area contributed by atoms with Crippen molar-refractivity contribution in [2.45, 2.75) is 26.8 Å². The largest absolute Gasteiger partial charge is 0.463 e. The van der Waals surface area contributed by atoms with E-state index in [0.29, 0.717) is 46.9 Å². The number of nitrogens with zero attached hydrogens (tertiary/aromatic N) is 3. The van der Waals surface area contributed by atoms with Crippen LogP contribution in [0.3, 0.4) is 0 Å². The first-order valence-electron chi connectivity index (χ1n) is 9.31. The second-order valence-corrected chi connectivity index (χ2v) is 6.69. The fraction of sp³-hybridized carbons (Fsp3) is 0.227. The van der Waals surface area contributed by atoms with Crippen LogP contribution in [0.5, 0.6) is 0 Å². The van der Waals surface area contributed by atoms with Gasteiger partial charge in [-0.2, -0.15) is 0 Å². The third kappa shape index (κ3) is 3.41. The monoisotopic (exact) mass is 375 g/mol. The van der Waals surface area contributed by atoms with Gasteiger partial charge < -0.3 is 13.8 Å². The predicted octanol–water partition coefficient (Wildman–Crippen LogP) is 4.84. The molecule has 0 aliphatic heterocycles. The van der Waals surface area contributed by atoms with E-state index in [2.05, 4.69) is 17.1 Å². The number of aryl methyl sites for hydroxylation is 1. The summed E-state index contributed by atoms with van der Waals surface area (Å²) in [5.74, 6) is 0.507. The highest BCUT2D eigenvalue weighted by Crippen LogP contribution is 2.28. The van der Waals surface area contributed by atoms with Crippen molar-refractivity contribution in [1.29, 1.82) is 0 Å². The first-order chi connectivity index (χ1) is 13.7. The molecule has 0 radical (unpaired) electrons. The van der Waals surface area contributed by atoms with Gasteiger partial charge in [0.05, 0.1) is 22.9 Å². The van der Waals surface area contributed by atoms with Gasteiger partial charge in [0.15, 0.2) is 5.76 Å². The van der Waals surface area contributed by atoms with Gasteiger partial charge in [0, 0.05) is 13.1 Å². The topological polar surface area (TPSA) is 72.4 Å². The minimum absolute atomic E-state index is 0.0720. The van der Waals surface area contributed by atoms with Crippen molar-refractivity contribution in [3.05, 3.63) is 71.6 Å². The summed E-state index contributed by atoms with van der Waals surface area (Å²) in [6, 6.07) is 15.3. The van der Waals surface area contributed by atoms with Crippen LogP contribution in [0.25, 0.3) is 22.6 Å². The van der Waals surface area contributed by atoms with Crippen molar-refractivity contribution in [3.63, 3.8) is 0 Å². The molecule has 0 fully saturated rings. The maximum atomic E-state index is 13.5. The number of carbonyl (C=O) groups is 1. The molecule has 0 saturated carbocycles. The lowest BCUT2D eigenvalue weighted by Gasteiger charge is -2.23. The van der Waals surface area contributed by atoms with Crippen LogP contribution >= 0.6 is 0 Å². The highest BCUT2D eigenvalue weighted by Gasteiger charge is 2.24. The minimum atomic E-state index is -0.0720. The van der Waals surface area contributed by atoms with E-state index in [0.717, 1.165) is 12.0 Å². The minimum Gasteiger partial charge on any atom is -0.463 e. The van der Waals surface area contributed by atoms with Crippen LogP contribution in [0.2, 0.25) is 0 Å². The first-order valence-corrected chi connectivity index (χ1v) is 9.31. The Labute approximate surface area is 162 Å². The molecule has 3 heterocycles. The SMILES string of the molecule is CCCN(Cc1ccccc1)C(=O)c1cc(-c2ccco2)nc2onc(C)c12. The third-order valence-electron chi connectivity index (χ3n) is 4.62. The molecule has 4 aromatic rings. The molecule has 142 valence electrons. The smallest absolute Gasteiger partial charge is 0.259 e. The summed E-state index contributed by atoms with van der Waals surface area (Å²) in [6.45, 7) is 5.07. The average Bonchev–Trinajstić information content (AvgIpc) is 3.38. The summed E-state index contributed by atoms with van der Waals surface area (Å²) in [5, 5.41) is 4.66. The molecule has 1 aromatic carbocycles. The van der Waals surface area contributed by atoms with Crippen LogP contribution in [0.4, 0.5) is 0 Å². The number of benzene rings is 1. The molecular formula is C22H21N3O3. The molecule has 0 bridgehead atoms. The van der Waals surface area contributed by atoms with Crippen LogP contribution in [0.15, 0.2) is 63.7 Å². The van der Waals surface area contributed by atoms with Gasteiger partial charge in [-0.3, -0.25) is 4.79 Å². The van der Waals surface area contributed by atoms with Gasteiger partial charge in [-0.15, -0.1) is 0 Å². The van der Waals surface area contributed by atoms with Crippen molar-refractivity contribution in [2.75, 3.05) is 6.54 Å². The van der Waals surface area contributed by atoms with E-state index in [1.807, 2.05) is 42.2 Å². The van der Waals surface area contributed by atoms with Gasteiger partial charge >= 0.3 is 0 Å². The van der Waals surface area contributed by atoms with Crippen LogP contribution < -0.4 is 0 Å². The molecule has 0 saturated heterocycles. The van der Waals surface area contributed by atoms with E-state index < -0.39 is 0 Å². The Bertz CT molecular complexity index is 1090. The molecule has 1 amide bonds. The number of pyridine rings is 1. The van der Waals surface area contributed by atoms with E-state index in [1.54, 1.807) is 24.5 Å². The Morgan fingerprint density at radius 1 is 1.14 bits per heavy atom. The average molecular weight is 375 g/mol. The van der Waals surface area contributed by atoms with Crippen molar-refractivity contribution in [2.24, 2.45) is 0 Å². The lowest BCUT2D eigenvalue weighted by Crippen LogP contribution is -2.31. The Morgan fingerprint density at radius 3 is 2.68 bits per heavy atom. The quantitative estimate of drug-likeness (QED) is 0.482. The van der Waals surface area contributed by atoms with E-state index in [9.17, 15) is 4.79 Å². The lowest BCUT2D eigenvalue weighted by molar-refractivity contribution is 0.0745. The number of hydrogen-bond acceptors (Lipinski definition) is 5.